The van der Waals surface area contributed by atoms with Crippen LogP contribution < -0.4 is 10.9 Å². The summed E-state index contributed by atoms with van der Waals surface area (Å²) in [6, 6.07) is 5.43. The Bertz CT molecular complexity index is 1150. The summed E-state index contributed by atoms with van der Waals surface area (Å²) in [5.74, 6) is 0.0199. The summed E-state index contributed by atoms with van der Waals surface area (Å²) in [6.45, 7) is 4.38. The number of fused-ring (bicyclic) bond motifs is 3. The second-order valence-corrected chi connectivity index (χ2v) is 9.57. The number of amides is 1. The maximum atomic E-state index is 13.1. The molecule has 152 valence electrons. The molecule has 2 heterocycles. The van der Waals surface area contributed by atoms with Gasteiger partial charge < -0.3 is 5.32 Å². The summed E-state index contributed by atoms with van der Waals surface area (Å²) in [5.41, 5.74) is 2.84. The van der Waals surface area contributed by atoms with E-state index in [-0.39, 0.29) is 17.2 Å². The highest BCUT2D eigenvalue weighted by Gasteiger charge is 2.22. The van der Waals surface area contributed by atoms with E-state index < -0.39 is 0 Å². The molecule has 0 bridgehead atoms. The van der Waals surface area contributed by atoms with E-state index in [2.05, 4.69) is 5.32 Å². The average molecular weight is 448 g/mol. The zero-order valence-corrected chi connectivity index (χ0v) is 18.8. The molecular formula is C21H22ClN3O2S2. The van der Waals surface area contributed by atoms with Crippen molar-refractivity contribution < 1.29 is 4.79 Å². The minimum atomic E-state index is -0.155. The van der Waals surface area contributed by atoms with Crippen LogP contribution in [0.3, 0.4) is 0 Å². The van der Waals surface area contributed by atoms with E-state index in [1.54, 1.807) is 22.0 Å². The van der Waals surface area contributed by atoms with E-state index in [0.29, 0.717) is 22.4 Å². The summed E-state index contributed by atoms with van der Waals surface area (Å²) in [5, 5.41) is 4.85. The van der Waals surface area contributed by atoms with Crippen LogP contribution in [0.25, 0.3) is 10.2 Å². The Kier molecular flexibility index (Phi) is 5.99. The molecule has 0 radical (unpaired) electrons. The summed E-state index contributed by atoms with van der Waals surface area (Å²) in [4.78, 5) is 32.4. The summed E-state index contributed by atoms with van der Waals surface area (Å²) >= 11 is 9.05. The molecular weight excluding hydrogens is 426 g/mol. The van der Waals surface area contributed by atoms with Gasteiger partial charge in [0.1, 0.15) is 4.83 Å². The fourth-order valence-corrected chi connectivity index (χ4v) is 5.95. The van der Waals surface area contributed by atoms with Crippen LogP contribution in [0.4, 0.5) is 5.69 Å². The van der Waals surface area contributed by atoms with Gasteiger partial charge in [0.25, 0.3) is 5.56 Å². The molecule has 4 rings (SSSR count). The SMILES string of the molecule is CCn1c(SCC(=O)Nc2ccc(C)c(Cl)c2)nc2sc3c(c2c1=O)CCCC3. The van der Waals surface area contributed by atoms with Gasteiger partial charge in [-0.15, -0.1) is 11.3 Å². The fraction of sp³-hybridized carbons (Fsp3) is 0.381. The number of carbonyl (C=O) groups is 1. The van der Waals surface area contributed by atoms with E-state index in [0.717, 1.165) is 35.0 Å². The van der Waals surface area contributed by atoms with E-state index in [1.165, 1.54) is 28.6 Å². The molecule has 0 aliphatic heterocycles. The Morgan fingerprint density at radius 1 is 1.34 bits per heavy atom. The molecule has 1 aromatic carbocycles. The number of halogens is 1. The first-order chi connectivity index (χ1) is 14.0. The number of hydrogen-bond acceptors (Lipinski definition) is 5. The van der Waals surface area contributed by atoms with E-state index in [1.807, 2.05) is 26.0 Å². The number of aromatic nitrogens is 2. The number of aryl methyl sites for hydroxylation is 3. The molecule has 1 aliphatic carbocycles. The molecule has 0 atom stereocenters. The third kappa shape index (κ3) is 4.09. The number of benzene rings is 1. The largest absolute Gasteiger partial charge is 0.325 e. The van der Waals surface area contributed by atoms with Crippen LogP contribution in [0.15, 0.2) is 28.2 Å². The van der Waals surface area contributed by atoms with Gasteiger partial charge in [-0.05, 0) is 62.8 Å². The Morgan fingerprint density at radius 2 is 2.14 bits per heavy atom. The van der Waals surface area contributed by atoms with Gasteiger partial charge in [-0.3, -0.25) is 14.2 Å². The van der Waals surface area contributed by atoms with Crippen molar-refractivity contribution in [1.82, 2.24) is 9.55 Å². The minimum absolute atomic E-state index is 0.0186. The molecule has 29 heavy (non-hydrogen) atoms. The zero-order chi connectivity index (χ0) is 20.5. The van der Waals surface area contributed by atoms with Crippen molar-refractivity contribution in [2.75, 3.05) is 11.1 Å². The van der Waals surface area contributed by atoms with Crippen LogP contribution in [0.5, 0.6) is 0 Å². The van der Waals surface area contributed by atoms with Gasteiger partial charge in [-0.1, -0.05) is 29.4 Å². The molecule has 1 aliphatic rings. The highest BCUT2D eigenvalue weighted by Crippen LogP contribution is 2.34. The number of hydrogen-bond donors (Lipinski definition) is 1. The summed E-state index contributed by atoms with van der Waals surface area (Å²) in [6.07, 6.45) is 4.30. The van der Waals surface area contributed by atoms with Crippen LogP contribution in [-0.4, -0.2) is 21.2 Å². The lowest BCUT2D eigenvalue weighted by Crippen LogP contribution is -2.24. The van der Waals surface area contributed by atoms with Gasteiger partial charge in [0, 0.05) is 22.1 Å². The first-order valence-electron chi connectivity index (χ1n) is 9.71. The lowest BCUT2D eigenvalue weighted by atomic mass is 9.97. The second-order valence-electron chi connectivity index (χ2n) is 7.14. The number of nitrogens with zero attached hydrogens (tertiary/aromatic N) is 2. The summed E-state index contributed by atoms with van der Waals surface area (Å²) in [7, 11) is 0. The van der Waals surface area contributed by atoms with Crippen molar-refractivity contribution in [3.05, 3.63) is 49.6 Å². The number of carbonyl (C=O) groups excluding carboxylic acids is 1. The van der Waals surface area contributed by atoms with Crippen LogP contribution >= 0.6 is 34.7 Å². The Labute approximate surface area is 182 Å². The van der Waals surface area contributed by atoms with Gasteiger partial charge in [0.05, 0.1) is 11.1 Å². The Balaban J connectivity index is 1.56. The van der Waals surface area contributed by atoms with E-state index in [9.17, 15) is 9.59 Å². The number of thiophene rings is 1. The van der Waals surface area contributed by atoms with E-state index >= 15 is 0 Å². The molecule has 8 heteroatoms. The lowest BCUT2D eigenvalue weighted by Gasteiger charge is -2.12. The molecule has 1 N–H and O–H groups in total. The molecule has 0 spiro atoms. The molecule has 1 amide bonds. The number of thioether (sulfide) groups is 1. The topological polar surface area (TPSA) is 64.0 Å². The lowest BCUT2D eigenvalue weighted by molar-refractivity contribution is -0.113. The predicted octanol–water partition coefficient (Wildman–Crippen LogP) is 5.05. The van der Waals surface area contributed by atoms with Crippen LogP contribution in [0.1, 0.15) is 35.8 Å². The van der Waals surface area contributed by atoms with Crippen molar-refractivity contribution in [3.63, 3.8) is 0 Å². The Morgan fingerprint density at radius 3 is 2.90 bits per heavy atom. The molecule has 0 saturated heterocycles. The molecule has 0 saturated carbocycles. The predicted molar refractivity (Wildman–Crippen MR) is 122 cm³/mol. The third-order valence-corrected chi connectivity index (χ3v) is 7.71. The summed E-state index contributed by atoms with van der Waals surface area (Å²) < 4.78 is 1.69. The molecule has 0 unspecified atom stereocenters. The molecule has 2 aromatic heterocycles. The standard InChI is InChI=1S/C21H22ClN3O2S2/c1-3-25-20(27)18-14-6-4-5-7-16(14)29-19(18)24-21(25)28-11-17(26)23-13-9-8-12(2)15(22)10-13/h8-10H,3-7,11H2,1-2H3,(H,23,26). The van der Waals surface area contributed by atoms with Crippen LogP contribution in [0.2, 0.25) is 5.02 Å². The Hall–Kier alpha value is -1.83. The van der Waals surface area contributed by atoms with Crippen molar-refractivity contribution in [1.29, 1.82) is 0 Å². The second kappa shape index (κ2) is 8.50. The maximum absolute atomic E-state index is 13.1. The zero-order valence-electron chi connectivity index (χ0n) is 16.4. The van der Waals surface area contributed by atoms with Crippen molar-refractivity contribution >= 4 is 56.5 Å². The third-order valence-electron chi connectivity index (χ3n) is 5.14. The monoisotopic (exact) mass is 447 g/mol. The van der Waals surface area contributed by atoms with Gasteiger partial charge >= 0.3 is 0 Å². The normalized spacial score (nSPS) is 13.5. The number of rotatable bonds is 5. The maximum Gasteiger partial charge on any atom is 0.263 e. The molecule has 3 aromatic rings. The van der Waals surface area contributed by atoms with Crippen molar-refractivity contribution in [2.45, 2.75) is 51.2 Å². The van der Waals surface area contributed by atoms with Gasteiger partial charge in [-0.2, -0.15) is 0 Å². The molecule has 5 nitrogen and oxygen atoms in total. The van der Waals surface area contributed by atoms with Crippen LogP contribution in [-0.2, 0) is 24.2 Å². The van der Waals surface area contributed by atoms with Crippen LogP contribution in [0, 0.1) is 6.92 Å². The first-order valence-corrected chi connectivity index (χ1v) is 11.9. The smallest absolute Gasteiger partial charge is 0.263 e. The number of nitrogens with one attached hydrogen (secondary N) is 1. The highest BCUT2D eigenvalue weighted by molar-refractivity contribution is 7.99. The van der Waals surface area contributed by atoms with E-state index in [4.69, 9.17) is 16.6 Å². The highest BCUT2D eigenvalue weighted by atomic mass is 35.5. The van der Waals surface area contributed by atoms with Crippen molar-refractivity contribution in [3.8, 4) is 0 Å². The van der Waals surface area contributed by atoms with Gasteiger partial charge in [-0.25, -0.2) is 4.98 Å². The number of anilines is 1. The average Bonchev–Trinajstić information content (AvgIpc) is 3.08. The van der Waals surface area contributed by atoms with Gasteiger partial charge in [0.2, 0.25) is 5.91 Å². The first kappa shape index (κ1) is 20.4. The fourth-order valence-electron chi connectivity index (χ4n) is 3.61. The van der Waals surface area contributed by atoms with Gasteiger partial charge in [0.15, 0.2) is 5.16 Å². The molecule has 0 fully saturated rings. The minimum Gasteiger partial charge on any atom is -0.325 e. The quantitative estimate of drug-likeness (QED) is 0.439. The van der Waals surface area contributed by atoms with Crippen molar-refractivity contribution in [2.24, 2.45) is 0 Å².